The quantitative estimate of drug-likeness (QED) is 0.783. The second-order valence-corrected chi connectivity index (χ2v) is 4.68. The summed E-state index contributed by atoms with van der Waals surface area (Å²) in [5.74, 6) is 0.704. The van der Waals surface area contributed by atoms with Crippen LogP contribution < -0.4 is 5.32 Å². The van der Waals surface area contributed by atoms with Crippen LogP contribution in [0.15, 0.2) is 24.3 Å². The van der Waals surface area contributed by atoms with E-state index in [9.17, 15) is 0 Å². The fourth-order valence-electron chi connectivity index (χ4n) is 2.62. The molecule has 0 spiro atoms. The van der Waals surface area contributed by atoms with Gasteiger partial charge in [-0.3, -0.25) is 0 Å². The van der Waals surface area contributed by atoms with Gasteiger partial charge in [0.2, 0.25) is 0 Å². The van der Waals surface area contributed by atoms with Crippen LogP contribution in [0.1, 0.15) is 23.5 Å². The molecule has 3 rings (SSSR count). The van der Waals surface area contributed by atoms with Gasteiger partial charge in [0.1, 0.15) is 0 Å². The van der Waals surface area contributed by atoms with Crippen molar-refractivity contribution in [2.75, 3.05) is 26.2 Å². The van der Waals surface area contributed by atoms with E-state index >= 15 is 0 Å². The lowest BCUT2D eigenvalue weighted by atomic mass is 9.90. The Hall–Kier alpha value is -0.860. The van der Waals surface area contributed by atoms with E-state index in [4.69, 9.17) is 0 Å². The van der Waals surface area contributed by atoms with Crippen LogP contribution in [0.5, 0.6) is 0 Å². The fraction of sp³-hybridized carbons (Fsp3) is 0.538. The lowest BCUT2D eigenvalue weighted by molar-refractivity contribution is 0.167. The highest BCUT2D eigenvalue weighted by molar-refractivity contribution is 5.32. The summed E-state index contributed by atoms with van der Waals surface area (Å²) in [7, 11) is 0. The lowest BCUT2D eigenvalue weighted by Gasteiger charge is -2.36. The molecule has 2 heterocycles. The molecule has 0 amide bonds. The minimum atomic E-state index is 0.704. The number of benzene rings is 1. The molecule has 1 saturated heterocycles. The molecule has 1 fully saturated rings. The molecule has 1 atom stereocenters. The summed E-state index contributed by atoms with van der Waals surface area (Å²) in [6.45, 7) is 6.04. The Labute approximate surface area is 91.3 Å². The van der Waals surface area contributed by atoms with Crippen LogP contribution in [-0.4, -0.2) is 31.1 Å². The Morgan fingerprint density at radius 3 is 2.93 bits per heavy atom. The molecule has 15 heavy (non-hydrogen) atoms. The van der Waals surface area contributed by atoms with Gasteiger partial charge in [-0.25, -0.2) is 0 Å². The van der Waals surface area contributed by atoms with Gasteiger partial charge in [-0.2, -0.15) is 0 Å². The van der Waals surface area contributed by atoms with Gasteiger partial charge in [0, 0.05) is 25.6 Å². The van der Waals surface area contributed by atoms with Gasteiger partial charge in [-0.1, -0.05) is 24.3 Å². The van der Waals surface area contributed by atoms with Crippen molar-refractivity contribution in [3.8, 4) is 0 Å². The maximum absolute atomic E-state index is 3.52. The molecule has 0 saturated carbocycles. The predicted molar refractivity (Wildman–Crippen MR) is 61.9 cm³/mol. The topological polar surface area (TPSA) is 15.3 Å². The third kappa shape index (κ3) is 1.80. The molecule has 0 bridgehead atoms. The van der Waals surface area contributed by atoms with E-state index in [0.717, 1.165) is 13.1 Å². The Bertz CT molecular complexity index is 344. The molecular weight excluding hydrogens is 184 g/mol. The first-order valence-corrected chi connectivity index (χ1v) is 5.94. The van der Waals surface area contributed by atoms with E-state index < -0.39 is 0 Å². The van der Waals surface area contributed by atoms with Crippen LogP contribution >= 0.6 is 0 Å². The maximum Gasteiger partial charge on any atom is 0.0208 e. The number of rotatable bonds is 2. The van der Waals surface area contributed by atoms with E-state index in [2.05, 4.69) is 34.5 Å². The third-order valence-electron chi connectivity index (χ3n) is 3.63. The summed E-state index contributed by atoms with van der Waals surface area (Å²) in [4.78, 5) is 2.56. The number of nitrogens with one attached hydrogen (secondary N) is 1. The Balaban J connectivity index is 1.79. The molecule has 2 heteroatoms. The molecule has 1 aromatic carbocycles. The summed E-state index contributed by atoms with van der Waals surface area (Å²) in [6.07, 6.45) is 1.39. The van der Waals surface area contributed by atoms with Crippen molar-refractivity contribution in [3.05, 3.63) is 35.4 Å². The monoisotopic (exact) mass is 202 g/mol. The minimum Gasteiger partial charge on any atom is -0.312 e. The van der Waals surface area contributed by atoms with Crippen molar-refractivity contribution in [1.82, 2.24) is 10.2 Å². The average Bonchev–Trinajstić information content (AvgIpc) is 2.23. The van der Waals surface area contributed by atoms with E-state index in [1.54, 1.807) is 5.56 Å². The largest absolute Gasteiger partial charge is 0.312 e. The van der Waals surface area contributed by atoms with Crippen molar-refractivity contribution in [3.63, 3.8) is 0 Å². The van der Waals surface area contributed by atoms with E-state index in [-0.39, 0.29) is 0 Å². The smallest absolute Gasteiger partial charge is 0.0208 e. The molecule has 1 unspecified atom stereocenters. The van der Waals surface area contributed by atoms with Gasteiger partial charge in [0.25, 0.3) is 0 Å². The normalized spacial score (nSPS) is 25.7. The summed E-state index contributed by atoms with van der Waals surface area (Å²) in [6, 6.07) is 8.88. The zero-order valence-electron chi connectivity index (χ0n) is 9.08. The molecule has 80 valence electrons. The standard InChI is InChI=1S/C13H18N2/c1-2-5-13-11(4-1)8-14-9-12(13)10-15-6-3-7-15/h1-2,4-5,12,14H,3,6-10H2. The van der Waals surface area contributed by atoms with Gasteiger partial charge in [-0.05, 0) is 30.6 Å². The lowest BCUT2D eigenvalue weighted by Crippen LogP contribution is -2.43. The first-order valence-electron chi connectivity index (χ1n) is 5.94. The summed E-state index contributed by atoms with van der Waals surface area (Å²) < 4.78 is 0. The SMILES string of the molecule is c1ccc2c(c1)CNCC2CN1CCC1. The molecule has 0 radical (unpaired) electrons. The Morgan fingerprint density at radius 1 is 1.27 bits per heavy atom. The van der Waals surface area contributed by atoms with Crippen molar-refractivity contribution in [1.29, 1.82) is 0 Å². The third-order valence-corrected chi connectivity index (χ3v) is 3.63. The average molecular weight is 202 g/mol. The molecule has 0 aliphatic carbocycles. The summed E-state index contributed by atoms with van der Waals surface area (Å²) in [5.41, 5.74) is 3.07. The molecule has 2 nitrogen and oxygen atoms in total. The van der Waals surface area contributed by atoms with Gasteiger partial charge in [-0.15, -0.1) is 0 Å². The highest BCUT2D eigenvalue weighted by Gasteiger charge is 2.24. The highest BCUT2D eigenvalue weighted by atomic mass is 15.2. The summed E-state index contributed by atoms with van der Waals surface area (Å²) >= 11 is 0. The maximum atomic E-state index is 3.52. The van der Waals surface area contributed by atoms with Gasteiger partial charge in [0.15, 0.2) is 0 Å². The number of fused-ring (bicyclic) bond motifs is 1. The van der Waals surface area contributed by atoms with Crippen LogP contribution in [0.4, 0.5) is 0 Å². The van der Waals surface area contributed by atoms with E-state index in [0.29, 0.717) is 5.92 Å². The summed E-state index contributed by atoms with van der Waals surface area (Å²) in [5, 5.41) is 3.52. The van der Waals surface area contributed by atoms with Gasteiger partial charge < -0.3 is 10.2 Å². The van der Waals surface area contributed by atoms with E-state index in [1.165, 1.54) is 31.6 Å². The predicted octanol–water partition coefficient (Wildman–Crippen LogP) is 1.58. The molecule has 2 aliphatic heterocycles. The molecule has 2 aliphatic rings. The molecular formula is C13H18N2. The van der Waals surface area contributed by atoms with Gasteiger partial charge >= 0.3 is 0 Å². The zero-order chi connectivity index (χ0) is 10.1. The van der Waals surface area contributed by atoms with Crippen LogP contribution in [-0.2, 0) is 6.54 Å². The van der Waals surface area contributed by atoms with Crippen LogP contribution in [0, 0.1) is 0 Å². The first kappa shape index (κ1) is 9.37. The van der Waals surface area contributed by atoms with Crippen molar-refractivity contribution < 1.29 is 0 Å². The second-order valence-electron chi connectivity index (χ2n) is 4.68. The zero-order valence-corrected chi connectivity index (χ0v) is 9.08. The van der Waals surface area contributed by atoms with Crippen molar-refractivity contribution in [2.24, 2.45) is 0 Å². The first-order chi connectivity index (χ1) is 7.43. The number of hydrogen-bond donors (Lipinski definition) is 1. The second kappa shape index (κ2) is 3.95. The Morgan fingerprint density at radius 2 is 2.13 bits per heavy atom. The highest BCUT2D eigenvalue weighted by Crippen LogP contribution is 2.25. The van der Waals surface area contributed by atoms with Crippen molar-refractivity contribution >= 4 is 0 Å². The van der Waals surface area contributed by atoms with Crippen molar-refractivity contribution in [2.45, 2.75) is 18.9 Å². The van der Waals surface area contributed by atoms with Crippen LogP contribution in [0.3, 0.4) is 0 Å². The number of likely N-dealkylation sites (tertiary alicyclic amines) is 1. The van der Waals surface area contributed by atoms with E-state index in [1.807, 2.05) is 0 Å². The molecule has 1 aromatic rings. The number of hydrogen-bond acceptors (Lipinski definition) is 2. The fourth-order valence-corrected chi connectivity index (χ4v) is 2.62. The van der Waals surface area contributed by atoms with Crippen LogP contribution in [0.2, 0.25) is 0 Å². The molecule has 1 N–H and O–H groups in total. The Kier molecular flexibility index (Phi) is 2.47. The number of nitrogens with zero attached hydrogens (tertiary/aromatic N) is 1. The molecule has 0 aromatic heterocycles. The minimum absolute atomic E-state index is 0.704. The van der Waals surface area contributed by atoms with Gasteiger partial charge in [0.05, 0.1) is 0 Å². The van der Waals surface area contributed by atoms with Crippen LogP contribution in [0.25, 0.3) is 0 Å².